The van der Waals surface area contributed by atoms with Crippen molar-refractivity contribution in [3.05, 3.63) is 35.9 Å². The molecule has 0 bridgehead atoms. The van der Waals surface area contributed by atoms with Gasteiger partial charge in [-0.3, -0.25) is 4.79 Å². The highest BCUT2D eigenvalue weighted by Gasteiger charge is 2.11. The Morgan fingerprint density at radius 1 is 1.05 bits per heavy atom. The molecule has 1 rings (SSSR count). The van der Waals surface area contributed by atoms with Crippen LogP contribution in [0.15, 0.2) is 30.4 Å². The number of ether oxygens (including phenoxy) is 3. The number of halogens is 1. The molecule has 0 aliphatic heterocycles. The van der Waals surface area contributed by atoms with Crippen LogP contribution in [0.25, 0.3) is 6.08 Å². The van der Waals surface area contributed by atoms with Crippen LogP contribution < -0.4 is 14.2 Å². The summed E-state index contributed by atoms with van der Waals surface area (Å²) in [5, 5.41) is -0.519. The van der Waals surface area contributed by atoms with Crippen molar-refractivity contribution in [1.29, 1.82) is 0 Å². The van der Waals surface area contributed by atoms with Gasteiger partial charge >= 0.3 is 0 Å². The molecule has 0 saturated carbocycles. The summed E-state index contributed by atoms with van der Waals surface area (Å²) in [6.45, 7) is 0. The predicted octanol–water partition coefficient (Wildman–Crippen LogP) is 3.05. The van der Waals surface area contributed by atoms with Crippen LogP contribution in [0.3, 0.4) is 0 Å². The van der Waals surface area contributed by atoms with Crippen molar-refractivity contribution in [2.75, 3.05) is 21.3 Å². The van der Waals surface area contributed by atoms with E-state index in [0.717, 1.165) is 5.56 Å². The minimum Gasteiger partial charge on any atom is -0.493 e. The second-order valence-corrected chi connectivity index (χ2v) is 3.85. The molecule has 0 amide bonds. The maximum Gasteiger partial charge on any atom is 0.245 e. The summed E-state index contributed by atoms with van der Waals surface area (Å²) in [5.41, 5.74) is 0.848. The Kier molecular flexibility index (Phi) is 5.96. The van der Waals surface area contributed by atoms with Gasteiger partial charge in [-0.05, 0) is 35.4 Å². The summed E-state index contributed by atoms with van der Waals surface area (Å²) < 4.78 is 15.7. The molecule has 0 spiro atoms. The SMILES string of the molecule is COc1cc(C=CC=CC(=O)Cl)cc(OC)c1OC. The maximum absolute atomic E-state index is 10.5. The monoisotopic (exact) mass is 282 g/mol. The lowest BCUT2D eigenvalue weighted by atomic mass is 10.1. The van der Waals surface area contributed by atoms with Gasteiger partial charge in [0.15, 0.2) is 11.5 Å². The Morgan fingerprint density at radius 2 is 1.63 bits per heavy atom. The standard InChI is InChI=1S/C14H15ClO4/c1-17-11-8-10(6-4-5-7-13(15)16)9-12(18-2)14(11)19-3/h4-9H,1-3H3. The first-order valence-corrected chi connectivity index (χ1v) is 5.84. The Hall–Kier alpha value is -1.94. The fraction of sp³-hybridized carbons (Fsp3) is 0.214. The number of methoxy groups -OCH3 is 3. The number of carbonyl (C=O) groups excluding carboxylic acids is 1. The molecule has 1 aromatic carbocycles. The zero-order valence-corrected chi connectivity index (χ0v) is 11.7. The summed E-state index contributed by atoms with van der Waals surface area (Å²) in [5.74, 6) is 1.67. The minimum absolute atomic E-state index is 0.519. The van der Waals surface area contributed by atoms with E-state index in [-0.39, 0.29) is 0 Å². The molecule has 102 valence electrons. The number of rotatable bonds is 6. The Balaban J connectivity index is 3.06. The second kappa shape index (κ2) is 7.48. The predicted molar refractivity (Wildman–Crippen MR) is 75.1 cm³/mol. The normalized spacial score (nSPS) is 10.9. The van der Waals surface area contributed by atoms with Crippen molar-refractivity contribution in [2.45, 2.75) is 0 Å². The van der Waals surface area contributed by atoms with Crippen LogP contribution in [0, 0.1) is 0 Å². The van der Waals surface area contributed by atoms with Crippen LogP contribution in [-0.4, -0.2) is 26.6 Å². The van der Waals surface area contributed by atoms with Crippen LogP contribution in [0.4, 0.5) is 0 Å². The summed E-state index contributed by atoms with van der Waals surface area (Å²) >= 11 is 5.18. The van der Waals surface area contributed by atoms with Gasteiger partial charge in [0.1, 0.15) is 0 Å². The van der Waals surface area contributed by atoms with Crippen LogP contribution in [0.1, 0.15) is 5.56 Å². The second-order valence-electron chi connectivity index (χ2n) is 3.48. The Morgan fingerprint density at radius 3 is 2.05 bits per heavy atom. The lowest BCUT2D eigenvalue weighted by molar-refractivity contribution is -0.107. The molecule has 1 aromatic rings. The van der Waals surface area contributed by atoms with E-state index in [2.05, 4.69) is 0 Å². The zero-order chi connectivity index (χ0) is 14.3. The van der Waals surface area contributed by atoms with Crippen LogP contribution in [0.2, 0.25) is 0 Å². The summed E-state index contributed by atoms with van der Waals surface area (Å²) in [4.78, 5) is 10.5. The fourth-order valence-corrected chi connectivity index (χ4v) is 1.57. The van der Waals surface area contributed by atoms with E-state index in [9.17, 15) is 4.79 Å². The fourth-order valence-electron chi connectivity index (χ4n) is 1.50. The number of hydrogen-bond donors (Lipinski definition) is 0. The topological polar surface area (TPSA) is 44.8 Å². The van der Waals surface area contributed by atoms with E-state index < -0.39 is 5.24 Å². The van der Waals surface area contributed by atoms with Gasteiger partial charge in [-0.1, -0.05) is 18.2 Å². The molecule has 0 aromatic heterocycles. The van der Waals surface area contributed by atoms with E-state index in [1.54, 1.807) is 51.7 Å². The van der Waals surface area contributed by atoms with Crippen molar-refractivity contribution in [1.82, 2.24) is 0 Å². The number of hydrogen-bond acceptors (Lipinski definition) is 4. The Bertz CT molecular complexity index is 481. The first kappa shape index (κ1) is 15.1. The molecule has 0 saturated heterocycles. The molecule has 0 aliphatic rings. The van der Waals surface area contributed by atoms with Gasteiger partial charge in [-0.25, -0.2) is 0 Å². The van der Waals surface area contributed by atoms with Crippen LogP contribution >= 0.6 is 11.6 Å². The third kappa shape index (κ3) is 4.34. The zero-order valence-electron chi connectivity index (χ0n) is 11.0. The van der Waals surface area contributed by atoms with Crippen molar-refractivity contribution < 1.29 is 19.0 Å². The molecular formula is C14H15ClO4. The van der Waals surface area contributed by atoms with Crippen molar-refractivity contribution in [3.8, 4) is 17.2 Å². The highest BCUT2D eigenvalue weighted by molar-refractivity contribution is 6.66. The van der Waals surface area contributed by atoms with E-state index in [0.29, 0.717) is 17.2 Å². The minimum atomic E-state index is -0.519. The number of carbonyl (C=O) groups is 1. The summed E-state index contributed by atoms with van der Waals surface area (Å²) in [6, 6.07) is 3.60. The Labute approximate surface area is 117 Å². The molecule has 0 unspecified atom stereocenters. The van der Waals surface area contributed by atoms with Gasteiger partial charge in [0, 0.05) is 0 Å². The molecule has 0 fully saturated rings. The van der Waals surface area contributed by atoms with Crippen molar-refractivity contribution in [3.63, 3.8) is 0 Å². The van der Waals surface area contributed by atoms with Crippen LogP contribution in [0.5, 0.6) is 17.2 Å². The van der Waals surface area contributed by atoms with Gasteiger partial charge in [0.2, 0.25) is 11.0 Å². The molecule has 5 heteroatoms. The lowest BCUT2D eigenvalue weighted by Crippen LogP contribution is -1.95. The van der Waals surface area contributed by atoms with E-state index in [1.165, 1.54) is 6.08 Å². The first-order valence-electron chi connectivity index (χ1n) is 5.46. The highest BCUT2D eigenvalue weighted by atomic mass is 35.5. The summed E-state index contributed by atoms with van der Waals surface area (Å²) in [6.07, 6.45) is 6.30. The summed E-state index contributed by atoms with van der Waals surface area (Å²) in [7, 11) is 4.65. The molecular weight excluding hydrogens is 268 g/mol. The van der Waals surface area contributed by atoms with E-state index in [4.69, 9.17) is 25.8 Å². The quantitative estimate of drug-likeness (QED) is 0.457. The largest absolute Gasteiger partial charge is 0.493 e. The van der Waals surface area contributed by atoms with Gasteiger partial charge < -0.3 is 14.2 Å². The first-order chi connectivity index (χ1) is 9.12. The van der Waals surface area contributed by atoms with Gasteiger partial charge in [0.05, 0.1) is 21.3 Å². The number of benzene rings is 1. The number of allylic oxidation sites excluding steroid dienone is 3. The van der Waals surface area contributed by atoms with E-state index in [1.807, 2.05) is 0 Å². The molecule has 0 radical (unpaired) electrons. The highest BCUT2D eigenvalue weighted by Crippen LogP contribution is 2.38. The average Bonchev–Trinajstić information content (AvgIpc) is 2.42. The third-order valence-corrected chi connectivity index (χ3v) is 2.44. The molecule has 0 heterocycles. The molecule has 4 nitrogen and oxygen atoms in total. The smallest absolute Gasteiger partial charge is 0.245 e. The molecule has 19 heavy (non-hydrogen) atoms. The lowest BCUT2D eigenvalue weighted by Gasteiger charge is -2.12. The van der Waals surface area contributed by atoms with Crippen LogP contribution in [-0.2, 0) is 4.79 Å². The van der Waals surface area contributed by atoms with Gasteiger partial charge in [-0.2, -0.15) is 0 Å². The molecule has 0 aliphatic carbocycles. The maximum atomic E-state index is 10.5. The average molecular weight is 283 g/mol. The van der Waals surface area contributed by atoms with Gasteiger partial charge in [0.25, 0.3) is 0 Å². The molecule has 0 atom stereocenters. The van der Waals surface area contributed by atoms with E-state index >= 15 is 0 Å². The van der Waals surface area contributed by atoms with Crippen molar-refractivity contribution in [2.24, 2.45) is 0 Å². The molecule has 0 N–H and O–H groups in total. The van der Waals surface area contributed by atoms with Gasteiger partial charge in [-0.15, -0.1) is 0 Å². The van der Waals surface area contributed by atoms with Crippen molar-refractivity contribution >= 4 is 22.9 Å². The third-order valence-electron chi connectivity index (χ3n) is 2.31.